The molecule has 0 aromatic rings. The monoisotopic (exact) mass is 285 g/mol. The zero-order valence-corrected chi connectivity index (χ0v) is 13.9. The number of aliphatic hydroxyl groups is 1. The molecule has 4 N–H and O–H groups in total. The minimum absolute atomic E-state index is 0. The van der Waals surface area contributed by atoms with Crippen molar-refractivity contribution in [2.75, 3.05) is 6.61 Å². The Morgan fingerprint density at radius 3 is 1.45 bits per heavy atom. The second-order valence-electron chi connectivity index (χ2n) is 5.66. The summed E-state index contributed by atoms with van der Waals surface area (Å²) >= 11 is 0. The Morgan fingerprint density at radius 1 is 0.600 bits per heavy atom. The first-order chi connectivity index (χ1) is 9.41. The number of aliphatic hydroxyl groups excluding tert-OH is 1. The molecular weight excluding hydrogens is 246 g/mol. The quantitative estimate of drug-likeness (QED) is 0.279. The van der Waals surface area contributed by atoms with Crippen LogP contribution in [0.25, 0.3) is 0 Å². The first kappa shape index (κ1) is 21.9. The molecule has 0 heterocycles. The SMILES string of the molecule is CCCCCCCCC=CCCCCCCCCO.N. The van der Waals surface area contributed by atoms with Gasteiger partial charge in [0.15, 0.2) is 0 Å². The van der Waals surface area contributed by atoms with Crippen molar-refractivity contribution < 1.29 is 5.11 Å². The van der Waals surface area contributed by atoms with E-state index in [0.29, 0.717) is 6.61 Å². The van der Waals surface area contributed by atoms with Gasteiger partial charge in [-0.3, -0.25) is 0 Å². The van der Waals surface area contributed by atoms with Gasteiger partial charge in [-0.1, -0.05) is 76.9 Å². The zero-order valence-electron chi connectivity index (χ0n) is 13.9. The Labute approximate surface area is 127 Å². The molecule has 0 unspecified atom stereocenters. The third kappa shape index (κ3) is 20.0. The minimum Gasteiger partial charge on any atom is -0.396 e. The highest BCUT2D eigenvalue weighted by atomic mass is 16.2. The largest absolute Gasteiger partial charge is 0.396 e. The molecule has 2 heteroatoms. The van der Waals surface area contributed by atoms with E-state index < -0.39 is 0 Å². The van der Waals surface area contributed by atoms with Gasteiger partial charge >= 0.3 is 0 Å². The van der Waals surface area contributed by atoms with E-state index in [2.05, 4.69) is 19.1 Å². The molecule has 0 rings (SSSR count). The summed E-state index contributed by atoms with van der Waals surface area (Å²) in [6.45, 7) is 2.64. The standard InChI is InChI=1S/C18H36O.H3N/c1-2-3-4-5-6-7-8-9-10-11-12-13-14-15-16-17-18-19;/h9-10,19H,2-8,11-18H2,1H3;1H3. The van der Waals surface area contributed by atoms with Crippen LogP contribution in [-0.4, -0.2) is 11.7 Å². The highest BCUT2D eigenvalue weighted by Crippen LogP contribution is 2.09. The predicted molar refractivity (Wildman–Crippen MR) is 91.6 cm³/mol. The third-order valence-electron chi connectivity index (χ3n) is 3.67. The Kier molecular flexibility index (Phi) is 23.0. The van der Waals surface area contributed by atoms with Crippen LogP contribution in [0.3, 0.4) is 0 Å². The van der Waals surface area contributed by atoms with Gasteiger partial charge in [-0.2, -0.15) is 0 Å². The number of hydrogen-bond donors (Lipinski definition) is 2. The molecule has 0 amide bonds. The molecular formula is C18H39NO. The van der Waals surface area contributed by atoms with Gasteiger partial charge in [-0.15, -0.1) is 0 Å². The lowest BCUT2D eigenvalue weighted by atomic mass is 10.1. The van der Waals surface area contributed by atoms with Gasteiger partial charge in [-0.25, -0.2) is 0 Å². The third-order valence-corrected chi connectivity index (χ3v) is 3.67. The summed E-state index contributed by atoms with van der Waals surface area (Å²) in [6, 6.07) is 0. The molecule has 0 spiro atoms. The van der Waals surface area contributed by atoms with E-state index in [0.717, 1.165) is 6.42 Å². The van der Waals surface area contributed by atoms with Crippen LogP contribution in [0.5, 0.6) is 0 Å². The highest BCUT2D eigenvalue weighted by Gasteiger charge is 1.90. The summed E-state index contributed by atoms with van der Waals surface area (Å²) in [4.78, 5) is 0. The van der Waals surface area contributed by atoms with Crippen LogP contribution < -0.4 is 6.15 Å². The Balaban J connectivity index is 0. The fraction of sp³-hybridized carbons (Fsp3) is 0.889. The molecule has 0 aliphatic heterocycles. The number of allylic oxidation sites excluding steroid dienone is 2. The average Bonchev–Trinajstić information content (AvgIpc) is 2.43. The summed E-state index contributed by atoms with van der Waals surface area (Å²) in [5, 5.41) is 8.66. The maximum Gasteiger partial charge on any atom is 0.0431 e. The Morgan fingerprint density at radius 2 is 1.00 bits per heavy atom. The van der Waals surface area contributed by atoms with Gasteiger partial charge in [-0.05, 0) is 32.1 Å². The van der Waals surface area contributed by atoms with E-state index >= 15 is 0 Å². The van der Waals surface area contributed by atoms with Crippen molar-refractivity contribution in [3.8, 4) is 0 Å². The number of unbranched alkanes of at least 4 members (excludes halogenated alkanes) is 12. The summed E-state index contributed by atoms with van der Waals surface area (Å²) in [6.07, 6.45) is 23.2. The van der Waals surface area contributed by atoms with E-state index in [9.17, 15) is 0 Å². The van der Waals surface area contributed by atoms with E-state index in [1.165, 1.54) is 83.5 Å². The van der Waals surface area contributed by atoms with Crippen LogP contribution >= 0.6 is 0 Å². The zero-order chi connectivity index (χ0) is 14.0. The normalized spacial score (nSPS) is 10.9. The van der Waals surface area contributed by atoms with Gasteiger partial charge < -0.3 is 11.3 Å². The lowest BCUT2D eigenvalue weighted by Crippen LogP contribution is -1.83. The topological polar surface area (TPSA) is 55.2 Å². The van der Waals surface area contributed by atoms with Crippen molar-refractivity contribution in [1.82, 2.24) is 6.15 Å². The van der Waals surface area contributed by atoms with Crippen molar-refractivity contribution in [3.63, 3.8) is 0 Å². The first-order valence-corrected chi connectivity index (χ1v) is 8.67. The van der Waals surface area contributed by atoms with E-state index in [1.807, 2.05) is 0 Å². The average molecular weight is 286 g/mol. The molecule has 0 aromatic carbocycles. The number of hydrogen-bond acceptors (Lipinski definition) is 2. The lowest BCUT2D eigenvalue weighted by Gasteiger charge is -1.99. The van der Waals surface area contributed by atoms with Crippen molar-refractivity contribution in [1.29, 1.82) is 0 Å². The second-order valence-corrected chi connectivity index (χ2v) is 5.66. The summed E-state index contributed by atoms with van der Waals surface area (Å²) in [7, 11) is 0. The summed E-state index contributed by atoms with van der Waals surface area (Å²) in [5.74, 6) is 0. The Hall–Kier alpha value is -0.340. The van der Waals surface area contributed by atoms with E-state index in [1.54, 1.807) is 0 Å². The fourth-order valence-electron chi connectivity index (χ4n) is 2.36. The molecule has 122 valence electrons. The van der Waals surface area contributed by atoms with Crippen molar-refractivity contribution in [3.05, 3.63) is 12.2 Å². The van der Waals surface area contributed by atoms with Gasteiger partial charge in [0.2, 0.25) is 0 Å². The molecule has 2 nitrogen and oxygen atoms in total. The fourth-order valence-corrected chi connectivity index (χ4v) is 2.36. The predicted octanol–water partition coefficient (Wildman–Crippen LogP) is 6.18. The van der Waals surface area contributed by atoms with Crippen LogP contribution in [0.1, 0.15) is 96.8 Å². The molecule has 0 radical (unpaired) electrons. The lowest BCUT2D eigenvalue weighted by molar-refractivity contribution is 0.282. The van der Waals surface area contributed by atoms with Crippen molar-refractivity contribution in [2.45, 2.75) is 96.8 Å². The van der Waals surface area contributed by atoms with Gasteiger partial charge in [0.05, 0.1) is 0 Å². The Bertz CT molecular complexity index is 180. The van der Waals surface area contributed by atoms with Crippen molar-refractivity contribution >= 4 is 0 Å². The van der Waals surface area contributed by atoms with Crippen LogP contribution in [-0.2, 0) is 0 Å². The maximum absolute atomic E-state index is 8.66. The van der Waals surface area contributed by atoms with Gasteiger partial charge in [0.1, 0.15) is 0 Å². The molecule has 20 heavy (non-hydrogen) atoms. The molecule has 0 saturated heterocycles. The van der Waals surface area contributed by atoms with Crippen LogP contribution in [0.4, 0.5) is 0 Å². The van der Waals surface area contributed by atoms with Crippen LogP contribution in [0, 0.1) is 0 Å². The summed E-state index contributed by atoms with van der Waals surface area (Å²) < 4.78 is 0. The molecule has 0 atom stereocenters. The molecule has 0 aromatic heterocycles. The maximum atomic E-state index is 8.66. The van der Waals surface area contributed by atoms with Gasteiger partial charge in [0.25, 0.3) is 0 Å². The highest BCUT2D eigenvalue weighted by molar-refractivity contribution is 4.81. The van der Waals surface area contributed by atoms with E-state index in [-0.39, 0.29) is 6.15 Å². The molecule has 0 aliphatic rings. The smallest absolute Gasteiger partial charge is 0.0431 e. The van der Waals surface area contributed by atoms with Crippen LogP contribution in [0.2, 0.25) is 0 Å². The number of rotatable bonds is 15. The van der Waals surface area contributed by atoms with E-state index in [4.69, 9.17) is 5.11 Å². The van der Waals surface area contributed by atoms with Crippen molar-refractivity contribution in [2.24, 2.45) is 0 Å². The summed E-state index contributed by atoms with van der Waals surface area (Å²) in [5.41, 5.74) is 0. The minimum atomic E-state index is 0. The van der Waals surface area contributed by atoms with Gasteiger partial charge in [0, 0.05) is 6.61 Å². The van der Waals surface area contributed by atoms with Crippen LogP contribution in [0.15, 0.2) is 12.2 Å². The molecule has 0 saturated carbocycles. The molecule has 0 fully saturated rings. The molecule has 0 aliphatic carbocycles. The first-order valence-electron chi connectivity index (χ1n) is 8.67. The molecule has 0 bridgehead atoms. The second kappa shape index (κ2) is 21.0.